The Hall–Kier alpha value is -1.06. The highest BCUT2D eigenvalue weighted by atomic mass is 16.5. The van der Waals surface area contributed by atoms with Crippen LogP contribution in [0.15, 0.2) is 24.3 Å². The first kappa shape index (κ1) is 12.4. The van der Waals surface area contributed by atoms with Crippen molar-refractivity contribution in [2.75, 3.05) is 13.2 Å². The van der Waals surface area contributed by atoms with Crippen LogP contribution in [-0.2, 0) is 4.74 Å². The average Bonchev–Trinajstić information content (AvgIpc) is 2.75. The van der Waals surface area contributed by atoms with Crippen LogP contribution in [0, 0.1) is 5.92 Å². The van der Waals surface area contributed by atoms with E-state index in [1.54, 1.807) is 0 Å². The zero-order valence-electron chi connectivity index (χ0n) is 10.4. The van der Waals surface area contributed by atoms with Crippen LogP contribution in [0.4, 0.5) is 0 Å². The van der Waals surface area contributed by atoms with Gasteiger partial charge in [0, 0.05) is 6.61 Å². The molecule has 2 rings (SSSR count). The van der Waals surface area contributed by atoms with Crippen LogP contribution in [0.1, 0.15) is 31.9 Å². The molecule has 1 fully saturated rings. The zero-order valence-corrected chi connectivity index (χ0v) is 10.4. The van der Waals surface area contributed by atoms with E-state index in [2.05, 4.69) is 6.92 Å². The smallest absolute Gasteiger partial charge is 0.119 e. The minimum absolute atomic E-state index is 0.0909. The van der Waals surface area contributed by atoms with Gasteiger partial charge in [0.25, 0.3) is 0 Å². The second-order valence-corrected chi connectivity index (χ2v) is 4.55. The van der Waals surface area contributed by atoms with Crippen molar-refractivity contribution in [3.8, 4) is 5.75 Å². The fourth-order valence-corrected chi connectivity index (χ4v) is 2.27. The maximum Gasteiger partial charge on any atom is 0.119 e. The summed E-state index contributed by atoms with van der Waals surface area (Å²) in [5.74, 6) is 1.20. The van der Waals surface area contributed by atoms with Crippen molar-refractivity contribution < 1.29 is 14.6 Å². The first-order valence-corrected chi connectivity index (χ1v) is 6.24. The number of ether oxygens (including phenoxy) is 2. The zero-order chi connectivity index (χ0) is 12.3. The van der Waals surface area contributed by atoms with Crippen LogP contribution in [0.3, 0.4) is 0 Å². The molecule has 3 unspecified atom stereocenters. The molecule has 0 amide bonds. The predicted molar refractivity (Wildman–Crippen MR) is 66.1 cm³/mol. The third kappa shape index (κ3) is 2.79. The molecular formula is C14H20O3. The van der Waals surface area contributed by atoms with Gasteiger partial charge in [-0.05, 0) is 37.0 Å². The third-order valence-corrected chi connectivity index (χ3v) is 3.27. The van der Waals surface area contributed by atoms with Crippen molar-refractivity contribution in [2.24, 2.45) is 5.92 Å². The van der Waals surface area contributed by atoms with E-state index in [9.17, 15) is 5.11 Å². The third-order valence-electron chi connectivity index (χ3n) is 3.27. The van der Waals surface area contributed by atoms with Crippen molar-refractivity contribution in [3.05, 3.63) is 29.8 Å². The van der Waals surface area contributed by atoms with Gasteiger partial charge >= 0.3 is 0 Å². The molecule has 1 saturated heterocycles. The van der Waals surface area contributed by atoms with Crippen LogP contribution in [0.5, 0.6) is 5.75 Å². The van der Waals surface area contributed by atoms with Crippen LogP contribution in [0.25, 0.3) is 0 Å². The lowest BCUT2D eigenvalue weighted by atomic mass is 9.95. The van der Waals surface area contributed by atoms with Gasteiger partial charge in [-0.2, -0.15) is 0 Å². The summed E-state index contributed by atoms with van der Waals surface area (Å²) in [5, 5.41) is 10.3. The second-order valence-electron chi connectivity index (χ2n) is 4.55. The van der Waals surface area contributed by atoms with Gasteiger partial charge in [-0.1, -0.05) is 19.1 Å². The minimum atomic E-state index is -0.562. The lowest BCUT2D eigenvalue weighted by Crippen LogP contribution is -2.23. The van der Waals surface area contributed by atoms with Gasteiger partial charge in [-0.25, -0.2) is 0 Å². The number of hydrogen-bond donors (Lipinski definition) is 1. The van der Waals surface area contributed by atoms with Gasteiger partial charge in [0.05, 0.1) is 12.7 Å². The first-order chi connectivity index (χ1) is 8.22. The molecule has 1 aromatic rings. The molecule has 0 bridgehead atoms. The molecule has 1 aromatic carbocycles. The normalized spacial score (nSPS) is 25.8. The molecule has 17 heavy (non-hydrogen) atoms. The summed E-state index contributed by atoms with van der Waals surface area (Å²) in [4.78, 5) is 0. The van der Waals surface area contributed by atoms with Crippen LogP contribution >= 0.6 is 0 Å². The van der Waals surface area contributed by atoms with Gasteiger partial charge in [0.15, 0.2) is 0 Å². The van der Waals surface area contributed by atoms with Crippen LogP contribution in [-0.4, -0.2) is 24.4 Å². The highest BCUT2D eigenvalue weighted by Gasteiger charge is 2.31. The lowest BCUT2D eigenvalue weighted by Gasteiger charge is -2.22. The Bertz CT molecular complexity index is 364. The summed E-state index contributed by atoms with van der Waals surface area (Å²) in [6, 6.07) is 7.62. The monoisotopic (exact) mass is 236 g/mol. The molecule has 0 radical (unpaired) electrons. The minimum Gasteiger partial charge on any atom is -0.494 e. The molecule has 0 saturated carbocycles. The average molecular weight is 236 g/mol. The fourth-order valence-electron chi connectivity index (χ4n) is 2.27. The van der Waals surface area contributed by atoms with Crippen LogP contribution in [0.2, 0.25) is 0 Å². The van der Waals surface area contributed by atoms with E-state index in [1.807, 2.05) is 31.2 Å². The molecule has 0 spiro atoms. The molecule has 1 N–H and O–H groups in total. The van der Waals surface area contributed by atoms with Gasteiger partial charge < -0.3 is 14.6 Å². The van der Waals surface area contributed by atoms with E-state index < -0.39 is 6.10 Å². The maximum atomic E-state index is 10.3. The summed E-state index contributed by atoms with van der Waals surface area (Å²) in [6.45, 7) is 5.45. The molecule has 3 atom stereocenters. The summed E-state index contributed by atoms with van der Waals surface area (Å²) >= 11 is 0. The Morgan fingerprint density at radius 1 is 1.53 bits per heavy atom. The van der Waals surface area contributed by atoms with E-state index >= 15 is 0 Å². The van der Waals surface area contributed by atoms with Crippen molar-refractivity contribution in [1.29, 1.82) is 0 Å². The van der Waals surface area contributed by atoms with Crippen molar-refractivity contribution in [3.63, 3.8) is 0 Å². The quantitative estimate of drug-likeness (QED) is 0.873. The number of benzene rings is 1. The van der Waals surface area contributed by atoms with Gasteiger partial charge in [-0.15, -0.1) is 0 Å². The highest BCUT2D eigenvalue weighted by molar-refractivity contribution is 5.30. The Kier molecular flexibility index (Phi) is 4.02. The summed E-state index contributed by atoms with van der Waals surface area (Å²) in [7, 11) is 0. The summed E-state index contributed by atoms with van der Waals surface area (Å²) in [6.07, 6.45) is 0.368. The Labute approximate surface area is 102 Å². The number of aliphatic hydroxyl groups is 1. The van der Waals surface area contributed by atoms with Crippen molar-refractivity contribution >= 4 is 0 Å². The molecule has 3 heteroatoms. The first-order valence-electron chi connectivity index (χ1n) is 6.24. The maximum absolute atomic E-state index is 10.3. The Morgan fingerprint density at radius 3 is 3.00 bits per heavy atom. The van der Waals surface area contributed by atoms with E-state index in [0.717, 1.165) is 24.3 Å². The Morgan fingerprint density at radius 2 is 2.35 bits per heavy atom. The van der Waals surface area contributed by atoms with E-state index in [4.69, 9.17) is 9.47 Å². The molecule has 3 nitrogen and oxygen atoms in total. The number of rotatable bonds is 4. The summed E-state index contributed by atoms with van der Waals surface area (Å²) in [5.41, 5.74) is 0.870. The van der Waals surface area contributed by atoms with E-state index in [1.165, 1.54) is 0 Å². The predicted octanol–water partition coefficient (Wildman–Crippen LogP) is 2.54. The SMILES string of the molecule is CCOc1cccc(C(O)C2OCCC2C)c1. The van der Waals surface area contributed by atoms with E-state index in [-0.39, 0.29) is 6.10 Å². The second kappa shape index (κ2) is 5.52. The molecule has 1 heterocycles. The van der Waals surface area contributed by atoms with Crippen molar-refractivity contribution in [1.82, 2.24) is 0 Å². The van der Waals surface area contributed by atoms with Crippen LogP contribution < -0.4 is 4.74 Å². The fraction of sp³-hybridized carbons (Fsp3) is 0.571. The molecular weight excluding hydrogens is 216 g/mol. The van der Waals surface area contributed by atoms with E-state index in [0.29, 0.717) is 12.5 Å². The lowest BCUT2D eigenvalue weighted by molar-refractivity contribution is -0.0178. The standard InChI is InChI=1S/C14H20O3/c1-3-16-12-6-4-5-11(9-12)13(15)14-10(2)7-8-17-14/h4-6,9-10,13-15H,3,7-8H2,1-2H3. The highest BCUT2D eigenvalue weighted by Crippen LogP contribution is 2.32. The molecule has 0 aromatic heterocycles. The van der Waals surface area contributed by atoms with Gasteiger partial charge in [-0.3, -0.25) is 0 Å². The molecule has 94 valence electrons. The number of aliphatic hydroxyl groups excluding tert-OH is 1. The Balaban J connectivity index is 2.12. The van der Waals surface area contributed by atoms with Crippen molar-refractivity contribution in [2.45, 2.75) is 32.5 Å². The topological polar surface area (TPSA) is 38.7 Å². The van der Waals surface area contributed by atoms with Gasteiger partial charge in [0.1, 0.15) is 11.9 Å². The molecule has 1 aliphatic rings. The largest absolute Gasteiger partial charge is 0.494 e. The molecule has 1 aliphatic heterocycles. The van der Waals surface area contributed by atoms with Gasteiger partial charge in [0.2, 0.25) is 0 Å². The number of hydrogen-bond acceptors (Lipinski definition) is 3. The molecule has 0 aliphatic carbocycles. The summed E-state index contributed by atoms with van der Waals surface area (Å²) < 4.78 is 11.0.